The average Bonchev–Trinajstić information content (AvgIpc) is 3.00. The number of amides is 1. The molecule has 2 aromatic carbocycles. The van der Waals surface area contributed by atoms with Gasteiger partial charge < -0.3 is 4.74 Å². The molecule has 0 fully saturated rings. The van der Waals surface area contributed by atoms with Crippen LogP contribution in [0.3, 0.4) is 0 Å². The van der Waals surface area contributed by atoms with Crippen LogP contribution in [0.25, 0.3) is 10.8 Å². The molecule has 3 aromatic rings. The first-order valence-corrected chi connectivity index (χ1v) is 7.44. The summed E-state index contributed by atoms with van der Waals surface area (Å²) in [6.07, 6.45) is 0.898. The number of fused-ring (bicyclic) bond motifs is 1. The second-order valence-electron chi connectivity index (χ2n) is 5.05. The van der Waals surface area contributed by atoms with Crippen molar-refractivity contribution < 1.29 is 9.53 Å². The number of hydrogen-bond donors (Lipinski definition) is 1. The molecule has 0 saturated carbocycles. The van der Waals surface area contributed by atoms with Crippen LogP contribution in [0, 0.1) is 0 Å². The monoisotopic (exact) mass is 311 g/mol. The van der Waals surface area contributed by atoms with Gasteiger partial charge in [0.1, 0.15) is 5.75 Å². The molecule has 1 aromatic heterocycles. The summed E-state index contributed by atoms with van der Waals surface area (Å²) in [5.74, 6) is 0.501. The second-order valence-corrected chi connectivity index (χ2v) is 5.05. The van der Waals surface area contributed by atoms with Crippen molar-refractivity contribution in [1.82, 2.24) is 20.2 Å². The van der Waals surface area contributed by atoms with Crippen molar-refractivity contribution in [1.29, 1.82) is 0 Å². The number of nitrogens with one attached hydrogen (secondary N) is 1. The summed E-state index contributed by atoms with van der Waals surface area (Å²) in [6.45, 7) is 2.57. The lowest BCUT2D eigenvalue weighted by Gasteiger charge is -2.06. The molecule has 118 valence electrons. The number of nitrogens with zero attached hydrogens (tertiary/aromatic N) is 4. The molecule has 7 heteroatoms. The van der Waals surface area contributed by atoms with Gasteiger partial charge in [-0.05, 0) is 34.5 Å². The van der Waals surface area contributed by atoms with Gasteiger partial charge >= 0.3 is 0 Å². The average molecular weight is 311 g/mol. The molecule has 0 radical (unpaired) electrons. The zero-order valence-electron chi connectivity index (χ0n) is 12.8. The molecule has 0 aliphatic heterocycles. The first-order valence-electron chi connectivity index (χ1n) is 7.44. The Bertz CT molecular complexity index is 815. The molecule has 1 amide bonds. The predicted octanol–water partition coefficient (Wildman–Crippen LogP) is 2.25. The minimum atomic E-state index is -0.325. The molecule has 23 heavy (non-hydrogen) atoms. The lowest BCUT2D eigenvalue weighted by molar-refractivity contribution is -0.118. The summed E-state index contributed by atoms with van der Waals surface area (Å²) >= 11 is 0. The third-order valence-corrected chi connectivity index (χ3v) is 3.22. The second kappa shape index (κ2) is 6.87. The van der Waals surface area contributed by atoms with Gasteiger partial charge in [-0.3, -0.25) is 10.1 Å². The molecule has 0 spiro atoms. The summed E-state index contributed by atoms with van der Waals surface area (Å²) in [7, 11) is 0. The summed E-state index contributed by atoms with van der Waals surface area (Å²) in [6, 6.07) is 13.7. The Hall–Kier alpha value is -2.96. The van der Waals surface area contributed by atoms with Crippen LogP contribution in [-0.2, 0) is 11.3 Å². The van der Waals surface area contributed by atoms with E-state index in [2.05, 4.69) is 20.7 Å². The van der Waals surface area contributed by atoms with Crippen molar-refractivity contribution in [2.75, 3.05) is 11.9 Å². The van der Waals surface area contributed by atoms with Crippen molar-refractivity contribution in [2.45, 2.75) is 19.9 Å². The standard InChI is InChI=1S/C16H17N5O2/c1-2-9-21-19-16(18-20-21)17-15(22)11-23-14-8-7-12-5-3-4-6-13(12)10-14/h3-8,10H,2,9,11H2,1H3,(H,17,19,22). The van der Waals surface area contributed by atoms with Gasteiger partial charge in [-0.15, -0.1) is 5.10 Å². The number of rotatable bonds is 6. The highest BCUT2D eigenvalue weighted by atomic mass is 16.5. The van der Waals surface area contributed by atoms with Gasteiger partial charge in [0.25, 0.3) is 11.9 Å². The topological polar surface area (TPSA) is 81.9 Å². The molecular weight excluding hydrogens is 294 g/mol. The van der Waals surface area contributed by atoms with Gasteiger partial charge in [-0.1, -0.05) is 42.4 Å². The van der Waals surface area contributed by atoms with Crippen molar-refractivity contribution in [3.8, 4) is 5.75 Å². The van der Waals surface area contributed by atoms with Crippen LogP contribution in [0.15, 0.2) is 42.5 Å². The van der Waals surface area contributed by atoms with Crippen LogP contribution in [0.5, 0.6) is 5.75 Å². The van der Waals surface area contributed by atoms with Gasteiger partial charge in [0, 0.05) is 0 Å². The van der Waals surface area contributed by atoms with Gasteiger partial charge in [0.15, 0.2) is 6.61 Å². The first-order chi connectivity index (χ1) is 11.2. The molecule has 0 saturated heterocycles. The van der Waals surface area contributed by atoms with Crippen molar-refractivity contribution in [2.24, 2.45) is 0 Å². The molecule has 0 aliphatic rings. The molecule has 1 N–H and O–H groups in total. The number of tetrazole rings is 1. The Morgan fingerprint density at radius 3 is 2.87 bits per heavy atom. The van der Waals surface area contributed by atoms with E-state index in [9.17, 15) is 4.79 Å². The van der Waals surface area contributed by atoms with Crippen LogP contribution in [0.2, 0.25) is 0 Å². The fourth-order valence-electron chi connectivity index (χ4n) is 2.15. The Kier molecular flexibility index (Phi) is 4.46. The van der Waals surface area contributed by atoms with Gasteiger partial charge in [0.05, 0.1) is 6.54 Å². The maximum atomic E-state index is 11.9. The van der Waals surface area contributed by atoms with Crippen molar-refractivity contribution in [3.05, 3.63) is 42.5 Å². The number of aryl methyl sites for hydroxylation is 1. The quantitative estimate of drug-likeness (QED) is 0.755. The molecular formula is C16H17N5O2. The Labute approximate surface area is 133 Å². The van der Waals surface area contributed by atoms with E-state index < -0.39 is 0 Å². The predicted molar refractivity (Wildman–Crippen MR) is 86.2 cm³/mol. The van der Waals surface area contributed by atoms with E-state index in [4.69, 9.17) is 4.74 Å². The zero-order chi connectivity index (χ0) is 16.1. The lowest BCUT2D eigenvalue weighted by atomic mass is 10.1. The van der Waals surface area contributed by atoms with E-state index in [1.807, 2.05) is 49.4 Å². The summed E-state index contributed by atoms with van der Waals surface area (Å²) < 4.78 is 5.51. The summed E-state index contributed by atoms with van der Waals surface area (Å²) in [5.41, 5.74) is 0. The largest absolute Gasteiger partial charge is 0.484 e. The number of carbonyl (C=O) groups is 1. The van der Waals surface area contributed by atoms with Crippen molar-refractivity contribution in [3.63, 3.8) is 0 Å². The molecule has 0 atom stereocenters. The normalized spacial score (nSPS) is 10.7. The third kappa shape index (κ3) is 3.82. The molecule has 1 heterocycles. The number of anilines is 1. The maximum Gasteiger partial charge on any atom is 0.270 e. The van der Waals surface area contributed by atoms with Crippen LogP contribution < -0.4 is 10.1 Å². The van der Waals surface area contributed by atoms with E-state index >= 15 is 0 Å². The smallest absolute Gasteiger partial charge is 0.270 e. The highest BCUT2D eigenvalue weighted by Crippen LogP contribution is 2.20. The van der Waals surface area contributed by atoms with Gasteiger partial charge in [0.2, 0.25) is 0 Å². The SMILES string of the molecule is CCCn1nnc(NC(=O)COc2ccc3ccccc3c2)n1. The maximum absolute atomic E-state index is 11.9. The minimum Gasteiger partial charge on any atom is -0.484 e. The van der Waals surface area contributed by atoms with E-state index in [1.54, 1.807) is 0 Å². The summed E-state index contributed by atoms with van der Waals surface area (Å²) in [5, 5.41) is 16.4. The number of carbonyl (C=O) groups excluding carboxylic acids is 1. The Morgan fingerprint density at radius 1 is 1.22 bits per heavy atom. The Balaban J connectivity index is 1.56. The molecule has 0 unspecified atom stereocenters. The number of ether oxygens (including phenoxy) is 1. The lowest BCUT2D eigenvalue weighted by Crippen LogP contribution is -2.21. The van der Waals surface area contributed by atoms with E-state index in [0.717, 1.165) is 17.2 Å². The van der Waals surface area contributed by atoms with Crippen LogP contribution in [0.4, 0.5) is 5.95 Å². The molecule has 3 rings (SSSR count). The highest BCUT2D eigenvalue weighted by molar-refractivity contribution is 5.90. The van der Waals surface area contributed by atoms with Crippen LogP contribution in [-0.4, -0.2) is 32.7 Å². The van der Waals surface area contributed by atoms with E-state index in [1.165, 1.54) is 4.80 Å². The molecule has 0 bridgehead atoms. The number of hydrogen-bond acceptors (Lipinski definition) is 5. The highest BCUT2D eigenvalue weighted by Gasteiger charge is 2.08. The van der Waals surface area contributed by atoms with E-state index in [-0.39, 0.29) is 18.5 Å². The Morgan fingerprint density at radius 2 is 2.04 bits per heavy atom. The van der Waals surface area contributed by atoms with Crippen LogP contribution >= 0.6 is 0 Å². The van der Waals surface area contributed by atoms with Gasteiger partial charge in [-0.2, -0.15) is 4.80 Å². The number of aromatic nitrogens is 4. The fraction of sp³-hybridized carbons (Fsp3) is 0.250. The van der Waals surface area contributed by atoms with Crippen molar-refractivity contribution >= 4 is 22.6 Å². The first kappa shape index (κ1) is 15.0. The number of benzene rings is 2. The fourth-order valence-corrected chi connectivity index (χ4v) is 2.15. The van der Waals surface area contributed by atoms with Crippen LogP contribution in [0.1, 0.15) is 13.3 Å². The summed E-state index contributed by atoms with van der Waals surface area (Å²) in [4.78, 5) is 13.3. The molecule has 7 nitrogen and oxygen atoms in total. The van der Waals surface area contributed by atoms with E-state index in [0.29, 0.717) is 12.3 Å². The van der Waals surface area contributed by atoms with Gasteiger partial charge in [-0.25, -0.2) is 0 Å². The third-order valence-electron chi connectivity index (χ3n) is 3.22. The zero-order valence-corrected chi connectivity index (χ0v) is 12.8. The molecule has 0 aliphatic carbocycles. The minimum absolute atomic E-state index is 0.110.